The molecule has 0 radical (unpaired) electrons. The van der Waals surface area contributed by atoms with Gasteiger partial charge in [0.25, 0.3) is 0 Å². The van der Waals surface area contributed by atoms with Crippen molar-refractivity contribution >= 4 is 16.6 Å². The minimum atomic E-state index is -0.976. The van der Waals surface area contributed by atoms with Gasteiger partial charge in [-0.3, -0.25) is 4.98 Å². The highest BCUT2D eigenvalue weighted by Crippen LogP contribution is 2.27. The SMILES string of the molecule is FC1CNCCN1c1cccc2cccnc12. The lowest BCUT2D eigenvalue weighted by Gasteiger charge is -2.33. The number of aromatic nitrogens is 1. The number of para-hydroxylation sites is 1. The second kappa shape index (κ2) is 4.30. The van der Waals surface area contributed by atoms with Crippen molar-refractivity contribution in [3.63, 3.8) is 0 Å². The third-order valence-electron chi connectivity index (χ3n) is 3.10. The minimum absolute atomic E-state index is 0.378. The summed E-state index contributed by atoms with van der Waals surface area (Å²) >= 11 is 0. The predicted octanol–water partition coefficient (Wildman–Crippen LogP) is 1.94. The molecule has 0 spiro atoms. The van der Waals surface area contributed by atoms with Gasteiger partial charge in [0.1, 0.15) is 0 Å². The number of halogens is 1. The maximum Gasteiger partial charge on any atom is 0.185 e. The lowest BCUT2D eigenvalue weighted by Crippen LogP contribution is -2.49. The van der Waals surface area contributed by atoms with E-state index in [0.29, 0.717) is 13.1 Å². The number of nitrogens with zero attached hydrogens (tertiary/aromatic N) is 2. The predicted molar refractivity (Wildman–Crippen MR) is 66.9 cm³/mol. The van der Waals surface area contributed by atoms with E-state index in [-0.39, 0.29) is 0 Å². The summed E-state index contributed by atoms with van der Waals surface area (Å²) in [5, 5.41) is 4.10. The largest absolute Gasteiger partial charge is 0.338 e. The average Bonchev–Trinajstić information content (AvgIpc) is 2.39. The van der Waals surface area contributed by atoms with Gasteiger partial charge in [0.05, 0.1) is 11.2 Å². The first-order valence-corrected chi connectivity index (χ1v) is 5.81. The summed E-state index contributed by atoms with van der Waals surface area (Å²) in [7, 11) is 0. The molecule has 4 heteroatoms. The molecule has 1 unspecified atom stereocenters. The highest BCUT2D eigenvalue weighted by molar-refractivity contribution is 5.90. The zero-order valence-corrected chi connectivity index (χ0v) is 9.44. The van der Waals surface area contributed by atoms with E-state index in [4.69, 9.17) is 0 Å². The maximum atomic E-state index is 13.9. The normalized spacial score (nSPS) is 20.8. The molecule has 0 bridgehead atoms. The van der Waals surface area contributed by atoms with Crippen LogP contribution in [0.2, 0.25) is 0 Å². The molecule has 0 aliphatic carbocycles. The summed E-state index contributed by atoms with van der Waals surface area (Å²) in [6.45, 7) is 1.86. The summed E-state index contributed by atoms with van der Waals surface area (Å²) in [4.78, 5) is 6.15. The van der Waals surface area contributed by atoms with Crippen molar-refractivity contribution in [2.45, 2.75) is 6.30 Å². The molecule has 1 N–H and O–H groups in total. The van der Waals surface area contributed by atoms with Gasteiger partial charge in [-0.05, 0) is 12.1 Å². The van der Waals surface area contributed by atoms with Crippen molar-refractivity contribution in [1.82, 2.24) is 10.3 Å². The van der Waals surface area contributed by atoms with Gasteiger partial charge in [0, 0.05) is 31.2 Å². The number of hydrogen-bond acceptors (Lipinski definition) is 3. The van der Waals surface area contributed by atoms with E-state index in [0.717, 1.165) is 23.1 Å². The summed E-state index contributed by atoms with van der Waals surface area (Å²) in [6.07, 6.45) is 0.776. The van der Waals surface area contributed by atoms with Gasteiger partial charge in [-0.15, -0.1) is 0 Å². The van der Waals surface area contributed by atoms with Crippen LogP contribution in [-0.4, -0.2) is 30.9 Å². The first-order chi connectivity index (χ1) is 8.36. The molecule has 2 heterocycles. The van der Waals surface area contributed by atoms with E-state index in [1.54, 1.807) is 11.1 Å². The molecule has 0 saturated carbocycles. The first-order valence-electron chi connectivity index (χ1n) is 5.81. The number of hydrogen-bond donors (Lipinski definition) is 1. The summed E-state index contributed by atoms with van der Waals surface area (Å²) < 4.78 is 13.9. The Balaban J connectivity index is 2.10. The number of pyridine rings is 1. The fraction of sp³-hybridized carbons (Fsp3) is 0.308. The highest BCUT2D eigenvalue weighted by atomic mass is 19.1. The lowest BCUT2D eigenvalue weighted by atomic mass is 10.1. The fourth-order valence-electron chi connectivity index (χ4n) is 2.26. The fourth-order valence-corrected chi connectivity index (χ4v) is 2.26. The Morgan fingerprint density at radius 2 is 2.18 bits per heavy atom. The third-order valence-corrected chi connectivity index (χ3v) is 3.10. The summed E-state index contributed by atoms with van der Waals surface area (Å²) in [6, 6.07) is 9.79. The topological polar surface area (TPSA) is 28.2 Å². The molecule has 88 valence electrons. The van der Waals surface area contributed by atoms with Crippen LogP contribution in [0.5, 0.6) is 0 Å². The van der Waals surface area contributed by atoms with Gasteiger partial charge in [-0.2, -0.15) is 0 Å². The second-order valence-electron chi connectivity index (χ2n) is 4.18. The monoisotopic (exact) mass is 231 g/mol. The van der Waals surface area contributed by atoms with Crippen LogP contribution in [0.15, 0.2) is 36.5 Å². The van der Waals surface area contributed by atoms with Crippen LogP contribution in [0.25, 0.3) is 10.9 Å². The highest BCUT2D eigenvalue weighted by Gasteiger charge is 2.23. The molecular weight excluding hydrogens is 217 g/mol. The lowest BCUT2D eigenvalue weighted by molar-refractivity contribution is 0.281. The quantitative estimate of drug-likeness (QED) is 0.760. The van der Waals surface area contributed by atoms with Crippen molar-refractivity contribution in [2.75, 3.05) is 24.5 Å². The van der Waals surface area contributed by atoms with Crippen LogP contribution in [0, 0.1) is 0 Å². The molecule has 1 aromatic heterocycles. The third kappa shape index (κ3) is 1.85. The van der Waals surface area contributed by atoms with E-state index >= 15 is 0 Å². The number of rotatable bonds is 1. The molecule has 3 nitrogen and oxygen atoms in total. The minimum Gasteiger partial charge on any atom is -0.338 e. The number of anilines is 1. The zero-order valence-electron chi connectivity index (χ0n) is 9.44. The van der Waals surface area contributed by atoms with Crippen LogP contribution >= 0.6 is 0 Å². The Hall–Kier alpha value is -1.68. The van der Waals surface area contributed by atoms with Crippen molar-refractivity contribution in [3.8, 4) is 0 Å². The Bertz CT molecular complexity index is 524. The van der Waals surface area contributed by atoms with Crippen molar-refractivity contribution < 1.29 is 4.39 Å². The molecule has 1 aliphatic heterocycles. The second-order valence-corrected chi connectivity index (χ2v) is 4.18. The van der Waals surface area contributed by atoms with Crippen LogP contribution in [0.3, 0.4) is 0 Å². The molecule has 2 aromatic rings. The van der Waals surface area contributed by atoms with E-state index in [1.165, 1.54) is 0 Å². The van der Waals surface area contributed by atoms with Crippen molar-refractivity contribution in [3.05, 3.63) is 36.5 Å². The van der Waals surface area contributed by atoms with E-state index in [2.05, 4.69) is 10.3 Å². The van der Waals surface area contributed by atoms with Crippen LogP contribution in [0.1, 0.15) is 0 Å². The van der Waals surface area contributed by atoms with Gasteiger partial charge in [0.15, 0.2) is 6.30 Å². The average molecular weight is 231 g/mol. The van der Waals surface area contributed by atoms with E-state index in [1.807, 2.05) is 30.3 Å². The maximum absolute atomic E-state index is 13.9. The standard InChI is InChI=1S/C13H14FN3/c14-12-9-15-7-8-17(12)11-5-1-3-10-4-2-6-16-13(10)11/h1-6,12,15H,7-9H2. The number of alkyl halides is 1. The molecule has 1 aromatic carbocycles. The molecule has 0 amide bonds. The van der Waals surface area contributed by atoms with Crippen LogP contribution < -0.4 is 10.2 Å². The van der Waals surface area contributed by atoms with Crippen LogP contribution in [0.4, 0.5) is 10.1 Å². The number of fused-ring (bicyclic) bond motifs is 1. The number of benzene rings is 1. The Morgan fingerprint density at radius 3 is 3.06 bits per heavy atom. The summed E-state index contributed by atoms with van der Waals surface area (Å²) in [5.74, 6) is 0. The zero-order chi connectivity index (χ0) is 11.7. The van der Waals surface area contributed by atoms with Crippen molar-refractivity contribution in [2.24, 2.45) is 0 Å². The van der Waals surface area contributed by atoms with Gasteiger partial charge >= 0.3 is 0 Å². The Labute approximate surface area is 99.3 Å². The first kappa shape index (κ1) is 10.5. The van der Waals surface area contributed by atoms with Gasteiger partial charge < -0.3 is 10.2 Å². The Morgan fingerprint density at radius 1 is 1.29 bits per heavy atom. The van der Waals surface area contributed by atoms with Gasteiger partial charge in [-0.25, -0.2) is 4.39 Å². The van der Waals surface area contributed by atoms with Gasteiger partial charge in [0.2, 0.25) is 0 Å². The smallest absolute Gasteiger partial charge is 0.185 e. The molecule has 3 rings (SSSR count). The van der Waals surface area contributed by atoms with E-state index in [9.17, 15) is 4.39 Å². The van der Waals surface area contributed by atoms with Crippen molar-refractivity contribution in [1.29, 1.82) is 0 Å². The molecule has 1 aliphatic rings. The number of piperazine rings is 1. The molecular formula is C13H14FN3. The van der Waals surface area contributed by atoms with Gasteiger partial charge in [-0.1, -0.05) is 18.2 Å². The Kier molecular flexibility index (Phi) is 2.65. The molecule has 1 atom stereocenters. The molecule has 1 saturated heterocycles. The molecule has 1 fully saturated rings. The van der Waals surface area contributed by atoms with Crippen LogP contribution in [-0.2, 0) is 0 Å². The number of nitrogens with one attached hydrogen (secondary N) is 1. The summed E-state index contributed by atoms with van der Waals surface area (Å²) in [5.41, 5.74) is 1.76. The molecule has 17 heavy (non-hydrogen) atoms. The van der Waals surface area contributed by atoms with E-state index < -0.39 is 6.30 Å².